The molecule has 1 aliphatic rings. The number of benzene rings is 1. The van der Waals surface area contributed by atoms with Crippen molar-refractivity contribution in [3.8, 4) is 0 Å². The highest BCUT2D eigenvalue weighted by atomic mass is 32.2. The van der Waals surface area contributed by atoms with Gasteiger partial charge in [0.25, 0.3) is 5.91 Å². The van der Waals surface area contributed by atoms with Crippen LogP contribution >= 0.6 is 0 Å². The van der Waals surface area contributed by atoms with Gasteiger partial charge in [0.2, 0.25) is 10.0 Å². The number of carbonyl (C=O) groups excluding carboxylic acids is 2. The lowest BCUT2D eigenvalue weighted by Crippen LogP contribution is -2.52. The number of esters is 1. The van der Waals surface area contributed by atoms with E-state index in [1.807, 2.05) is 6.92 Å². The summed E-state index contributed by atoms with van der Waals surface area (Å²) < 4.78 is 30.0. The molecular weight excluding hydrogens is 344 g/mol. The van der Waals surface area contributed by atoms with Gasteiger partial charge in [-0.25, -0.2) is 13.2 Å². The predicted molar refractivity (Wildman–Crippen MR) is 95.1 cm³/mol. The number of nitrogens with zero attached hydrogens (tertiary/aromatic N) is 1. The molecule has 25 heavy (non-hydrogen) atoms. The minimum absolute atomic E-state index is 0.195. The molecule has 2 rings (SSSR count). The standard InChI is InChI=1S/C17H24N2O5S/c1-6-17(3,16(21)24-4)18-15(20)12-7-8-14-13(10-12)9-11(2)19(14)25(5,22)23/h7-8,10-11H,6,9H2,1-5H3,(H,18,20)/t11-,17-/m1/s1. The number of rotatable bonds is 5. The molecule has 0 saturated carbocycles. The van der Waals surface area contributed by atoms with Gasteiger partial charge in [0.1, 0.15) is 5.54 Å². The lowest BCUT2D eigenvalue weighted by atomic mass is 9.98. The number of anilines is 1. The summed E-state index contributed by atoms with van der Waals surface area (Å²) >= 11 is 0. The number of ether oxygens (including phenoxy) is 1. The van der Waals surface area contributed by atoms with Crippen molar-refractivity contribution >= 4 is 27.6 Å². The summed E-state index contributed by atoms with van der Waals surface area (Å²) in [5.74, 6) is -0.913. The van der Waals surface area contributed by atoms with Gasteiger partial charge in [0.05, 0.1) is 19.1 Å². The third-order valence-corrected chi connectivity index (χ3v) is 5.86. The normalized spacial score (nSPS) is 19.1. The van der Waals surface area contributed by atoms with E-state index in [2.05, 4.69) is 5.32 Å². The zero-order chi connectivity index (χ0) is 19.0. The minimum Gasteiger partial charge on any atom is -0.467 e. The molecule has 8 heteroatoms. The van der Waals surface area contributed by atoms with Crippen LogP contribution in [0.1, 0.15) is 43.1 Å². The minimum atomic E-state index is -3.37. The zero-order valence-electron chi connectivity index (χ0n) is 15.1. The monoisotopic (exact) mass is 368 g/mol. The van der Waals surface area contributed by atoms with Crippen LogP contribution in [0.3, 0.4) is 0 Å². The molecule has 2 atom stereocenters. The Kier molecular flexibility index (Phi) is 5.13. The summed E-state index contributed by atoms with van der Waals surface area (Å²) in [6.07, 6.45) is 2.09. The van der Waals surface area contributed by atoms with Crippen LogP contribution in [-0.4, -0.2) is 45.2 Å². The Morgan fingerprint density at radius 2 is 2.04 bits per heavy atom. The van der Waals surface area contributed by atoms with E-state index < -0.39 is 27.4 Å². The highest BCUT2D eigenvalue weighted by molar-refractivity contribution is 7.92. The molecule has 1 amide bonds. The van der Waals surface area contributed by atoms with Gasteiger partial charge >= 0.3 is 5.97 Å². The van der Waals surface area contributed by atoms with Crippen molar-refractivity contribution in [2.45, 2.75) is 45.2 Å². The number of methoxy groups -OCH3 is 1. The molecule has 0 radical (unpaired) electrons. The Labute approximate surface area is 148 Å². The number of carbonyl (C=O) groups is 2. The molecule has 1 aromatic rings. The van der Waals surface area contributed by atoms with Gasteiger partial charge in [0, 0.05) is 11.6 Å². The molecule has 1 aliphatic heterocycles. The van der Waals surface area contributed by atoms with Crippen LogP contribution in [0.25, 0.3) is 0 Å². The maximum absolute atomic E-state index is 12.5. The summed E-state index contributed by atoms with van der Waals surface area (Å²) in [7, 11) is -2.10. The first kappa shape index (κ1) is 19.2. The molecule has 1 N–H and O–H groups in total. The number of nitrogens with one attached hydrogen (secondary N) is 1. The van der Waals surface area contributed by atoms with E-state index in [4.69, 9.17) is 4.74 Å². The van der Waals surface area contributed by atoms with Crippen LogP contribution in [-0.2, 0) is 26.0 Å². The van der Waals surface area contributed by atoms with Crippen molar-refractivity contribution in [3.05, 3.63) is 29.3 Å². The average Bonchev–Trinajstić information content (AvgIpc) is 2.88. The van der Waals surface area contributed by atoms with E-state index in [1.165, 1.54) is 17.7 Å². The van der Waals surface area contributed by atoms with Crippen LogP contribution in [0.5, 0.6) is 0 Å². The molecule has 7 nitrogen and oxygen atoms in total. The first-order chi connectivity index (χ1) is 11.5. The Bertz CT molecular complexity index is 805. The highest BCUT2D eigenvalue weighted by Gasteiger charge is 2.36. The molecule has 0 spiro atoms. The van der Waals surface area contributed by atoms with Crippen LogP contribution in [0.15, 0.2) is 18.2 Å². The smallest absolute Gasteiger partial charge is 0.331 e. The van der Waals surface area contributed by atoms with Gasteiger partial charge in [-0.2, -0.15) is 0 Å². The van der Waals surface area contributed by atoms with Gasteiger partial charge < -0.3 is 10.1 Å². The van der Waals surface area contributed by atoms with E-state index in [1.54, 1.807) is 32.0 Å². The summed E-state index contributed by atoms with van der Waals surface area (Å²) in [4.78, 5) is 24.5. The molecule has 1 heterocycles. The van der Waals surface area contributed by atoms with Crippen molar-refractivity contribution in [1.82, 2.24) is 5.32 Å². The van der Waals surface area contributed by atoms with E-state index in [0.717, 1.165) is 5.56 Å². The van der Waals surface area contributed by atoms with E-state index in [-0.39, 0.29) is 6.04 Å². The number of hydrogen-bond acceptors (Lipinski definition) is 5. The average molecular weight is 368 g/mol. The maximum Gasteiger partial charge on any atom is 0.331 e. The predicted octanol–water partition coefficient (Wildman–Crippen LogP) is 1.47. The molecule has 0 aliphatic carbocycles. The molecule has 0 saturated heterocycles. The fourth-order valence-electron chi connectivity index (χ4n) is 3.08. The molecule has 0 fully saturated rings. The van der Waals surface area contributed by atoms with E-state index in [0.29, 0.717) is 24.1 Å². The lowest BCUT2D eigenvalue weighted by molar-refractivity contribution is -0.147. The number of amides is 1. The van der Waals surface area contributed by atoms with Crippen LogP contribution < -0.4 is 9.62 Å². The zero-order valence-corrected chi connectivity index (χ0v) is 15.9. The molecule has 0 unspecified atom stereocenters. The second-order valence-electron chi connectivity index (χ2n) is 6.59. The van der Waals surface area contributed by atoms with Crippen molar-refractivity contribution in [2.24, 2.45) is 0 Å². The Morgan fingerprint density at radius 3 is 2.56 bits per heavy atom. The Hall–Kier alpha value is -2.09. The van der Waals surface area contributed by atoms with Crippen molar-refractivity contribution in [3.63, 3.8) is 0 Å². The van der Waals surface area contributed by atoms with E-state index in [9.17, 15) is 18.0 Å². The second kappa shape index (κ2) is 6.67. The topological polar surface area (TPSA) is 92.8 Å². The van der Waals surface area contributed by atoms with Gasteiger partial charge in [-0.05, 0) is 50.5 Å². The summed E-state index contributed by atoms with van der Waals surface area (Å²) in [5, 5.41) is 2.71. The quantitative estimate of drug-likeness (QED) is 0.795. The first-order valence-electron chi connectivity index (χ1n) is 8.06. The fraction of sp³-hybridized carbons (Fsp3) is 0.529. The van der Waals surface area contributed by atoms with Crippen molar-refractivity contribution < 1.29 is 22.7 Å². The van der Waals surface area contributed by atoms with Crippen LogP contribution in [0.2, 0.25) is 0 Å². The molecule has 1 aromatic carbocycles. The number of fused-ring (bicyclic) bond motifs is 1. The third-order valence-electron chi connectivity index (χ3n) is 4.58. The molecule has 138 valence electrons. The van der Waals surface area contributed by atoms with Gasteiger partial charge in [-0.3, -0.25) is 9.10 Å². The maximum atomic E-state index is 12.5. The first-order valence-corrected chi connectivity index (χ1v) is 9.91. The lowest BCUT2D eigenvalue weighted by Gasteiger charge is -2.26. The highest BCUT2D eigenvalue weighted by Crippen LogP contribution is 2.34. The summed E-state index contributed by atoms with van der Waals surface area (Å²) in [5.41, 5.74) is 0.654. The number of hydrogen-bond donors (Lipinski definition) is 1. The largest absolute Gasteiger partial charge is 0.467 e. The van der Waals surface area contributed by atoms with Gasteiger partial charge in [-0.1, -0.05) is 6.92 Å². The van der Waals surface area contributed by atoms with Crippen LogP contribution in [0.4, 0.5) is 5.69 Å². The van der Waals surface area contributed by atoms with Crippen molar-refractivity contribution in [2.75, 3.05) is 17.7 Å². The van der Waals surface area contributed by atoms with Gasteiger partial charge in [-0.15, -0.1) is 0 Å². The Morgan fingerprint density at radius 1 is 1.40 bits per heavy atom. The van der Waals surface area contributed by atoms with Gasteiger partial charge in [0.15, 0.2) is 0 Å². The summed E-state index contributed by atoms with van der Waals surface area (Å²) in [6, 6.07) is 4.69. The fourth-order valence-corrected chi connectivity index (χ4v) is 4.34. The molecular formula is C17H24N2O5S. The second-order valence-corrected chi connectivity index (χ2v) is 8.45. The van der Waals surface area contributed by atoms with Crippen LogP contribution in [0, 0.1) is 0 Å². The Balaban J connectivity index is 2.31. The molecule has 0 bridgehead atoms. The molecule has 0 aromatic heterocycles. The number of sulfonamides is 1. The SMILES string of the molecule is CC[C@@](C)(NC(=O)c1ccc2c(c1)C[C@@H](C)N2S(C)(=O)=O)C(=O)OC. The summed E-state index contributed by atoms with van der Waals surface area (Å²) in [6.45, 7) is 5.22. The third kappa shape index (κ3) is 3.63. The van der Waals surface area contributed by atoms with E-state index >= 15 is 0 Å². The van der Waals surface area contributed by atoms with Crippen molar-refractivity contribution in [1.29, 1.82) is 0 Å².